The third-order valence-electron chi connectivity index (χ3n) is 5.50. The third kappa shape index (κ3) is 3.27. The highest BCUT2D eigenvalue weighted by Gasteiger charge is 2.44. The first-order valence-electron chi connectivity index (χ1n) is 9.48. The van der Waals surface area contributed by atoms with E-state index in [-0.39, 0.29) is 11.2 Å². The number of carbonyl (C=O) groups is 1. The molecule has 0 aromatic heterocycles. The van der Waals surface area contributed by atoms with Gasteiger partial charge in [0.1, 0.15) is 5.82 Å². The Kier molecular flexibility index (Phi) is 4.99. The lowest BCUT2D eigenvalue weighted by molar-refractivity contribution is -0.119. The Labute approximate surface area is 167 Å². The van der Waals surface area contributed by atoms with Gasteiger partial charge in [-0.05, 0) is 29.5 Å². The van der Waals surface area contributed by atoms with Crippen LogP contribution in [-0.2, 0) is 4.79 Å². The van der Waals surface area contributed by atoms with Crippen LogP contribution in [0.5, 0.6) is 0 Å². The lowest BCUT2D eigenvalue weighted by atomic mass is 9.69. The van der Waals surface area contributed by atoms with E-state index in [2.05, 4.69) is 19.9 Å². The second kappa shape index (κ2) is 6.99. The summed E-state index contributed by atoms with van der Waals surface area (Å²) >= 11 is 0. The molecule has 1 aliphatic heterocycles. The van der Waals surface area contributed by atoms with Crippen LogP contribution in [0.3, 0.4) is 0 Å². The predicted molar refractivity (Wildman–Crippen MR) is 111 cm³/mol. The first-order valence-corrected chi connectivity index (χ1v) is 9.48. The lowest BCUT2D eigenvalue weighted by Gasteiger charge is -2.45. The number of nitrogens with zero attached hydrogens (tertiary/aromatic N) is 4. The zero-order valence-corrected chi connectivity index (χ0v) is 17.6. The summed E-state index contributed by atoms with van der Waals surface area (Å²) in [5, 5.41) is 13.6. The molecule has 148 valence electrons. The average Bonchev–Trinajstić information content (AvgIpc) is 2.59. The first-order chi connectivity index (χ1) is 13.1. The van der Waals surface area contributed by atoms with Crippen molar-refractivity contribution in [3.63, 3.8) is 0 Å². The summed E-state index contributed by atoms with van der Waals surface area (Å²) in [7, 11) is 7.72. The fourth-order valence-corrected chi connectivity index (χ4v) is 4.25. The molecule has 1 atom stereocenters. The van der Waals surface area contributed by atoms with Crippen LogP contribution in [-0.4, -0.2) is 44.0 Å². The van der Waals surface area contributed by atoms with E-state index in [1.54, 1.807) is 0 Å². The highest BCUT2D eigenvalue weighted by atomic mass is 16.1. The van der Waals surface area contributed by atoms with E-state index in [4.69, 9.17) is 5.73 Å². The molecule has 28 heavy (non-hydrogen) atoms. The lowest BCUT2D eigenvalue weighted by Crippen LogP contribution is -2.47. The van der Waals surface area contributed by atoms with Crippen molar-refractivity contribution in [3.8, 4) is 6.07 Å². The minimum Gasteiger partial charge on any atom is -0.383 e. The second-order valence-corrected chi connectivity index (χ2v) is 8.79. The molecule has 2 aliphatic rings. The minimum atomic E-state index is -0.420. The molecule has 6 nitrogen and oxygen atoms in total. The Morgan fingerprint density at radius 2 is 1.75 bits per heavy atom. The maximum Gasteiger partial charge on any atom is 0.162 e. The Morgan fingerprint density at radius 3 is 2.25 bits per heavy atom. The Morgan fingerprint density at radius 1 is 1.14 bits per heavy atom. The number of anilines is 1. The summed E-state index contributed by atoms with van der Waals surface area (Å²) in [6.45, 7) is 4.20. The van der Waals surface area contributed by atoms with E-state index >= 15 is 0 Å². The van der Waals surface area contributed by atoms with E-state index < -0.39 is 5.92 Å². The quantitative estimate of drug-likeness (QED) is 0.870. The number of rotatable bonds is 3. The van der Waals surface area contributed by atoms with Gasteiger partial charge in [0.15, 0.2) is 5.78 Å². The van der Waals surface area contributed by atoms with Gasteiger partial charge in [0, 0.05) is 51.6 Å². The maximum atomic E-state index is 13.3. The number of nitrogens with two attached hydrogens (primary N) is 1. The molecule has 1 aromatic carbocycles. The zero-order valence-electron chi connectivity index (χ0n) is 17.6. The van der Waals surface area contributed by atoms with Crippen LogP contribution >= 0.6 is 0 Å². The Bertz CT molecular complexity index is 900. The normalized spacial score (nSPS) is 21.7. The number of nitriles is 1. The molecule has 0 unspecified atom stereocenters. The number of ketones is 1. The van der Waals surface area contributed by atoms with Gasteiger partial charge in [-0.15, -0.1) is 0 Å². The molecule has 0 saturated carbocycles. The number of benzene rings is 1. The first kappa shape index (κ1) is 20.0. The number of carbonyl (C=O) groups excluding carboxylic acids is 1. The number of hydrogen-bond acceptors (Lipinski definition) is 6. The van der Waals surface area contributed by atoms with Gasteiger partial charge >= 0.3 is 0 Å². The summed E-state index contributed by atoms with van der Waals surface area (Å²) in [6, 6.07) is 10.3. The van der Waals surface area contributed by atoms with Gasteiger partial charge in [-0.3, -0.25) is 9.80 Å². The summed E-state index contributed by atoms with van der Waals surface area (Å²) in [5.74, 6) is 0.0782. The van der Waals surface area contributed by atoms with Crippen molar-refractivity contribution >= 4 is 11.5 Å². The van der Waals surface area contributed by atoms with Crippen molar-refractivity contribution in [2.24, 2.45) is 11.1 Å². The molecule has 3 rings (SSSR count). The minimum absolute atomic E-state index is 0.0973. The van der Waals surface area contributed by atoms with Gasteiger partial charge in [-0.1, -0.05) is 26.0 Å². The van der Waals surface area contributed by atoms with E-state index in [0.29, 0.717) is 23.4 Å². The molecular weight excluding hydrogens is 350 g/mol. The van der Waals surface area contributed by atoms with Crippen LogP contribution in [0, 0.1) is 16.7 Å². The van der Waals surface area contributed by atoms with Crippen molar-refractivity contribution < 1.29 is 4.79 Å². The summed E-state index contributed by atoms with van der Waals surface area (Å²) in [4.78, 5) is 15.3. The molecular formula is C22H29N5O. The molecule has 0 spiro atoms. The topological polar surface area (TPSA) is 76.6 Å². The van der Waals surface area contributed by atoms with E-state index in [1.807, 2.05) is 67.4 Å². The summed E-state index contributed by atoms with van der Waals surface area (Å²) in [6.07, 6.45) is 1.20. The number of Topliss-reactive ketones (excluding diaryl/α,β-unsaturated/α-hetero) is 1. The Hall–Kier alpha value is -2.78. The fourth-order valence-electron chi connectivity index (χ4n) is 4.25. The molecule has 0 bridgehead atoms. The van der Waals surface area contributed by atoms with E-state index in [0.717, 1.165) is 23.4 Å². The smallest absolute Gasteiger partial charge is 0.162 e. The molecule has 1 aliphatic carbocycles. The van der Waals surface area contributed by atoms with Crippen molar-refractivity contribution in [1.29, 1.82) is 5.26 Å². The molecule has 0 saturated heterocycles. The van der Waals surface area contributed by atoms with Crippen molar-refractivity contribution in [2.75, 3.05) is 33.1 Å². The van der Waals surface area contributed by atoms with Gasteiger partial charge in [0.05, 0.1) is 17.6 Å². The van der Waals surface area contributed by atoms with Crippen LogP contribution in [0.2, 0.25) is 0 Å². The largest absolute Gasteiger partial charge is 0.383 e. The SMILES string of the molecule is CN(C)c1ccc([C@@H]2C(C#N)=C(N)N(N(C)C)C3=C2C(=O)CC(C)(C)C3)cc1. The average molecular weight is 380 g/mol. The highest BCUT2D eigenvalue weighted by molar-refractivity contribution is 6.00. The van der Waals surface area contributed by atoms with Crippen LogP contribution in [0.25, 0.3) is 0 Å². The van der Waals surface area contributed by atoms with Crippen molar-refractivity contribution in [3.05, 3.63) is 52.5 Å². The molecule has 2 N–H and O–H groups in total. The molecule has 1 aromatic rings. The van der Waals surface area contributed by atoms with E-state index in [9.17, 15) is 10.1 Å². The molecule has 1 heterocycles. The summed E-state index contributed by atoms with van der Waals surface area (Å²) in [5.41, 5.74) is 10.4. The van der Waals surface area contributed by atoms with Crippen LogP contribution in [0.4, 0.5) is 5.69 Å². The number of allylic oxidation sites excluding steroid dienone is 3. The van der Waals surface area contributed by atoms with Crippen LogP contribution in [0.1, 0.15) is 38.2 Å². The summed E-state index contributed by atoms with van der Waals surface area (Å²) < 4.78 is 0. The highest BCUT2D eigenvalue weighted by Crippen LogP contribution is 2.49. The number of hydrogen-bond donors (Lipinski definition) is 1. The third-order valence-corrected chi connectivity index (χ3v) is 5.50. The standard InChI is InChI=1S/C22H29N5O/c1-22(2)11-17-20(18(28)12-22)19(14-7-9-15(10-8-14)25(3)4)16(13-23)21(24)27(17)26(5)6/h7-10,19H,11-12,24H2,1-6H3/t19-/m1/s1. The molecule has 0 radical (unpaired) electrons. The molecule has 0 amide bonds. The van der Waals surface area contributed by atoms with Crippen LogP contribution in [0.15, 0.2) is 46.9 Å². The van der Waals surface area contributed by atoms with Gasteiger partial charge in [0.2, 0.25) is 0 Å². The molecule has 6 heteroatoms. The predicted octanol–water partition coefficient (Wildman–Crippen LogP) is 2.97. The van der Waals surface area contributed by atoms with Crippen molar-refractivity contribution in [1.82, 2.24) is 10.0 Å². The zero-order chi connectivity index (χ0) is 20.8. The van der Waals surface area contributed by atoms with E-state index in [1.165, 1.54) is 0 Å². The number of hydrazine groups is 1. The monoisotopic (exact) mass is 379 g/mol. The molecule has 0 fully saturated rings. The van der Waals surface area contributed by atoms with Crippen LogP contribution < -0.4 is 10.6 Å². The van der Waals surface area contributed by atoms with Crippen molar-refractivity contribution in [2.45, 2.75) is 32.6 Å². The second-order valence-electron chi connectivity index (χ2n) is 8.79. The van der Waals surface area contributed by atoms with Gasteiger partial charge < -0.3 is 10.6 Å². The maximum absolute atomic E-state index is 13.3. The Balaban J connectivity index is 2.23. The van der Waals surface area contributed by atoms with Gasteiger partial charge in [0.25, 0.3) is 0 Å². The van der Waals surface area contributed by atoms with Gasteiger partial charge in [-0.2, -0.15) is 5.26 Å². The van der Waals surface area contributed by atoms with Gasteiger partial charge in [-0.25, -0.2) is 5.01 Å². The fraction of sp³-hybridized carbons (Fsp3) is 0.455.